The summed E-state index contributed by atoms with van der Waals surface area (Å²) in [5, 5.41) is 73.7. The number of fused-ring (bicyclic) bond motifs is 4. The molecular weight excluding hydrogens is 744 g/mol. The van der Waals surface area contributed by atoms with Crippen LogP contribution in [0.15, 0.2) is 0 Å². The zero-order valence-electron chi connectivity index (χ0n) is 34.6. The van der Waals surface area contributed by atoms with Gasteiger partial charge in [-0.15, -0.1) is 0 Å². The van der Waals surface area contributed by atoms with Crippen LogP contribution in [0.5, 0.6) is 0 Å². The maximum Gasteiger partial charge on any atom is 0.302 e. The normalized spacial score (nSPS) is 56.4. The molecule has 0 radical (unpaired) electrons. The summed E-state index contributed by atoms with van der Waals surface area (Å²) in [5.41, 5.74) is -0.616. The Hall–Kier alpha value is -1.05. The van der Waals surface area contributed by atoms with Crippen molar-refractivity contribution in [2.75, 3.05) is 19.8 Å². The van der Waals surface area contributed by atoms with Gasteiger partial charge in [0.05, 0.1) is 25.4 Å². The molecular formula is C42H68O15. The van der Waals surface area contributed by atoms with E-state index in [0.29, 0.717) is 30.8 Å². The molecule has 57 heavy (non-hydrogen) atoms. The van der Waals surface area contributed by atoms with E-state index in [0.717, 1.165) is 44.9 Å². The van der Waals surface area contributed by atoms with Gasteiger partial charge in [0.15, 0.2) is 18.9 Å². The minimum atomic E-state index is -1.77. The van der Waals surface area contributed by atoms with E-state index >= 15 is 0 Å². The number of aliphatic hydroxyl groups is 7. The lowest BCUT2D eigenvalue weighted by Gasteiger charge is -2.64. The lowest BCUT2D eigenvalue weighted by atomic mass is 9.41. The predicted molar refractivity (Wildman–Crippen MR) is 199 cm³/mol. The molecule has 22 atom stereocenters. The van der Waals surface area contributed by atoms with Crippen LogP contribution in [0.2, 0.25) is 0 Å². The second-order valence-electron chi connectivity index (χ2n) is 20.2. The summed E-state index contributed by atoms with van der Waals surface area (Å²) in [6, 6.07) is 0. The summed E-state index contributed by atoms with van der Waals surface area (Å²) in [6.07, 6.45) is -9.10. The third-order valence-corrected chi connectivity index (χ3v) is 17.4. The molecule has 0 aromatic heterocycles. The monoisotopic (exact) mass is 812 g/mol. The van der Waals surface area contributed by atoms with Crippen LogP contribution in [0.1, 0.15) is 99.8 Å². The third kappa shape index (κ3) is 6.18. The van der Waals surface area contributed by atoms with Crippen LogP contribution in [0.3, 0.4) is 0 Å². The van der Waals surface area contributed by atoms with E-state index in [1.165, 1.54) is 6.92 Å². The van der Waals surface area contributed by atoms with Crippen LogP contribution in [0.4, 0.5) is 0 Å². The van der Waals surface area contributed by atoms with Crippen LogP contribution in [-0.2, 0) is 38.0 Å². The van der Waals surface area contributed by atoms with Gasteiger partial charge in [-0.3, -0.25) is 4.79 Å². The molecule has 5 saturated carbocycles. The summed E-state index contributed by atoms with van der Waals surface area (Å²) in [4.78, 5) is 13.0. The minimum absolute atomic E-state index is 0.0402. The molecule has 0 amide bonds. The Labute approximate surface area is 335 Å². The number of ether oxygens (including phenoxy) is 7. The van der Waals surface area contributed by atoms with Gasteiger partial charge >= 0.3 is 5.97 Å². The van der Waals surface area contributed by atoms with Crippen LogP contribution in [0, 0.1) is 50.7 Å². The Bertz CT molecular complexity index is 1500. The van der Waals surface area contributed by atoms with Crippen molar-refractivity contribution in [2.45, 2.75) is 186 Å². The molecule has 15 nitrogen and oxygen atoms in total. The minimum Gasteiger partial charge on any atom is -0.462 e. The van der Waals surface area contributed by atoms with Crippen molar-refractivity contribution in [3.8, 4) is 0 Å². The standard InChI is InChI=1S/C42H68O15/c1-8-51-27-13-19(2)28-22(53-27)15-40(7)25-14-21(52-20(3)45)35-38(4,5)26(9-10-42(35)18-41(25,42)12-11-39(28,40)6)56-37-34(32(49)30(47)24(17-44)55-37)57-36-33(50)31(48)29(46)23(16-43)54-36/h19,21-37,43-44,46-50H,8-18H2,1-7H3/t19-,21+,22+,23-,24-,25+,26+,27+,28+,29-,30-,31+,32+,33-,34-,35+,36+,37+,39-,40+,41+,42-/m1/s1. The van der Waals surface area contributed by atoms with Gasteiger partial charge in [0.2, 0.25) is 0 Å². The van der Waals surface area contributed by atoms with Gasteiger partial charge in [0, 0.05) is 25.9 Å². The number of hydrogen-bond donors (Lipinski definition) is 7. The van der Waals surface area contributed by atoms with Crippen molar-refractivity contribution >= 4 is 5.97 Å². The highest BCUT2D eigenvalue weighted by Crippen LogP contribution is 2.89. The molecule has 8 fully saturated rings. The lowest BCUT2D eigenvalue weighted by Crippen LogP contribution is -2.66. The van der Waals surface area contributed by atoms with Crippen LogP contribution in [0.25, 0.3) is 0 Å². The first-order valence-corrected chi connectivity index (χ1v) is 21.5. The molecule has 0 bridgehead atoms. The Balaban J connectivity index is 1.08. The van der Waals surface area contributed by atoms with Crippen molar-refractivity contribution in [2.24, 2.45) is 50.7 Å². The Kier molecular flexibility index (Phi) is 11.1. The topological polar surface area (TPSA) is 223 Å². The van der Waals surface area contributed by atoms with Gasteiger partial charge in [-0.2, -0.15) is 0 Å². The average Bonchev–Trinajstić information content (AvgIpc) is 3.73. The molecule has 3 saturated heterocycles. The second kappa shape index (κ2) is 14.8. The van der Waals surface area contributed by atoms with Gasteiger partial charge in [-0.25, -0.2) is 0 Å². The maximum atomic E-state index is 13.0. The number of carbonyl (C=O) groups is 1. The first-order valence-electron chi connectivity index (χ1n) is 21.5. The third-order valence-electron chi connectivity index (χ3n) is 17.4. The molecule has 15 heteroatoms. The average molecular weight is 813 g/mol. The van der Waals surface area contributed by atoms with E-state index in [1.807, 2.05) is 6.92 Å². The van der Waals surface area contributed by atoms with E-state index in [1.54, 1.807) is 0 Å². The van der Waals surface area contributed by atoms with Crippen molar-refractivity contribution in [3.05, 3.63) is 0 Å². The summed E-state index contributed by atoms with van der Waals surface area (Å²) < 4.78 is 43.7. The van der Waals surface area contributed by atoms with E-state index in [2.05, 4.69) is 34.6 Å². The SMILES string of the molecule is CCO[C@@H]1C[C@@H](C)[C@H]2[C@H](C[C@@]3(C)[C@@H]4C[C@H](OC(C)=O)[C@H]5C(C)(C)[C@@H](O[C@@H]6O[C@H](CO)[C@@H](O)[C@H](O)[C@H]6O[C@@H]6O[C@H](CO)[C@@H](O)[C@H](O)[C@H]6O)CC[C@@]56C[C@@]46CC[C@]23C)O1. The van der Waals surface area contributed by atoms with Crippen LogP contribution < -0.4 is 0 Å². The maximum absolute atomic E-state index is 13.0. The van der Waals surface area contributed by atoms with Crippen molar-refractivity contribution in [1.82, 2.24) is 0 Å². The molecule has 5 aliphatic carbocycles. The zero-order chi connectivity index (χ0) is 41.2. The number of aliphatic hydroxyl groups excluding tert-OH is 7. The molecule has 326 valence electrons. The van der Waals surface area contributed by atoms with Crippen molar-refractivity contribution in [3.63, 3.8) is 0 Å². The van der Waals surface area contributed by atoms with E-state index in [9.17, 15) is 40.5 Å². The molecule has 7 N–H and O–H groups in total. The summed E-state index contributed by atoms with van der Waals surface area (Å²) in [7, 11) is 0. The zero-order valence-corrected chi connectivity index (χ0v) is 34.6. The second-order valence-corrected chi connectivity index (χ2v) is 20.2. The van der Waals surface area contributed by atoms with E-state index in [4.69, 9.17) is 33.2 Å². The van der Waals surface area contributed by atoms with Crippen LogP contribution >= 0.6 is 0 Å². The molecule has 0 aromatic carbocycles. The fourth-order valence-electron chi connectivity index (χ4n) is 14.9. The van der Waals surface area contributed by atoms with Gasteiger partial charge in [0.25, 0.3) is 0 Å². The Morgan fingerprint density at radius 3 is 2.09 bits per heavy atom. The molecule has 3 aliphatic heterocycles. The lowest BCUT2D eigenvalue weighted by molar-refractivity contribution is -0.378. The molecule has 8 aliphatic rings. The molecule has 0 unspecified atom stereocenters. The van der Waals surface area contributed by atoms with Crippen LogP contribution in [-0.4, -0.2) is 148 Å². The molecule has 0 aromatic rings. The van der Waals surface area contributed by atoms with Gasteiger partial charge < -0.3 is 68.9 Å². The highest BCUT2D eigenvalue weighted by atomic mass is 16.8. The van der Waals surface area contributed by atoms with Crippen molar-refractivity contribution in [1.29, 1.82) is 0 Å². The Morgan fingerprint density at radius 1 is 0.772 bits per heavy atom. The summed E-state index contributed by atoms with van der Waals surface area (Å²) >= 11 is 0. The summed E-state index contributed by atoms with van der Waals surface area (Å²) in [5.74, 6) is 0.804. The highest BCUT2D eigenvalue weighted by Gasteiger charge is 2.85. The van der Waals surface area contributed by atoms with Gasteiger partial charge in [-0.05, 0) is 96.7 Å². The van der Waals surface area contributed by atoms with E-state index in [-0.39, 0.29) is 52.0 Å². The highest BCUT2D eigenvalue weighted by molar-refractivity contribution is 5.66. The Morgan fingerprint density at radius 2 is 1.44 bits per heavy atom. The number of esters is 1. The number of carbonyl (C=O) groups excluding carboxylic acids is 1. The van der Waals surface area contributed by atoms with E-state index < -0.39 is 86.1 Å². The smallest absolute Gasteiger partial charge is 0.302 e. The first-order chi connectivity index (χ1) is 26.8. The molecule has 2 spiro atoms. The number of rotatable bonds is 9. The first kappa shape index (κ1) is 42.6. The molecule has 3 heterocycles. The van der Waals surface area contributed by atoms with Gasteiger partial charge in [0.1, 0.15) is 54.9 Å². The largest absolute Gasteiger partial charge is 0.462 e. The fourth-order valence-corrected chi connectivity index (χ4v) is 14.9. The quantitative estimate of drug-likeness (QED) is 0.129. The summed E-state index contributed by atoms with van der Waals surface area (Å²) in [6.45, 7) is 14.4. The number of hydrogen-bond acceptors (Lipinski definition) is 15. The van der Waals surface area contributed by atoms with Crippen molar-refractivity contribution < 1.29 is 73.7 Å². The fraction of sp³-hybridized carbons (Fsp3) is 0.976. The van der Waals surface area contributed by atoms with Gasteiger partial charge in [-0.1, -0.05) is 34.6 Å². The molecule has 8 rings (SSSR count). The predicted octanol–water partition coefficient (Wildman–Crippen LogP) is 1.37.